The van der Waals surface area contributed by atoms with E-state index in [1.807, 2.05) is 0 Å². The van der Waals surface area contributed by atoms with E-state index in [4.69, 9.17) is 9.84 Å². The van der Waals surface area contributed by atoms with E-state index < -0.39 is 26.6 Å². The Balaban J connectivity index is 2.18. The van der Waals surface area contributed by atoms with Crippen LogP contribution in [-0.4, -0.2) is 41.3 Å². The summed E-state index contributed by atoms with van der Waals surface area (Å²) in [6.45, 7) is 7.17. The number of aliphatic hydroxyl groups excluding tert-OH is 2. The quantitative estimate of drug-likeness (QED) is 0.606. The maximum absolute atomic E-state index is 14.1. The molecule has 1 unspecified atom stereocenters. The SMILES string of the molecule is C[Si](C)(C)CCOCn1ncc2c(C(O)CO)ccc(F)c21. The lowest BCUT2D eigenvalue weighted by molar-refractivity contribution is 0.0812. The summed E-state index contributed by atoms with van der Waals surface area (Å²) in [6.07, 6.45) is 0.447. The van der Waals surface area contributed by atoms with Crippen molar-refractivity contribution in [2.45, 2.75) is 38.5 Å². The molecule has 5 nitrogen and oxygen atoms in total. The predicted molar refractivity (Wildman–Crippen MR) is 85.8 cm³/mol. The molecule has 2 aromatic rings. The van der Waals surface area contributed by atoms with E-state index in [-0.39, 0.29) is 12.2 Å². The van der Waals surface area contributed by atoms with Crippen molar-refractivity contribution in [3.8, 4) is 0 Å². The van der Waals surface area contributed by atoms with Crippen molar-refractivity contribution in [1.29, 1.82) is 0 Å². The average molecular weight is 326 g/mol. The summed E-state index contributed by atoms with van der Waals surface area (Å²) in [5, 5.41) is 23.5. The highest BCUT2D eigenvalue weighted by atomic mass is 28.3. The van der Waals surface area contributed by atoms with E-state index in [0.29, 0.717) is 17.6 Å². The zero-order valence-electron chi connectivity index (χ0n) is 13.2. The fraction of sp³-hybridized carbons (Fsp3) is 0.533. The minimum atomic E-state index is -1.16. The van der Waals surface area contributed by atoms with E-state index in [1.165, 1.54) is 23.0 Å². The van der Waals surface area contributed by atoms with Crippen molar-refractivity contribution in [2.24, 2.45) is 0 Å². The normalized spacial score (nSPS) is 13.7. The predicted octanol–water partition coefficient (Wildman–Crippen LogP) is 2.51. The largest absolute Gasteiger partial charge is 0.393 e. The van der Waals surface area contributed by atoms with Crippen molar-refractivity contribution in [3.63, 3.8) is 0 Å². The van der Waals surface area contributed by atoms with Gasteiger partial charge in [-0.25, -0.2) is 9.07 Å². The van der Waals surface area contributed by atoms with Gasteiger partial charge in [0, 0.05) is 20.1 Å². The highest BCUT2D eigenvalue weighted by Crippen LogP contribution is 2.26. The molecule has 22 heavy (non-hydrogen) atoms. The van der Waals surface area contributed by atoms with Crippen LogP contribution in [0, 0.1) is 5.82 Å². The highest BCUT2D eigenvalue weighted by Gasteiger charge is 2.17. The van der Waals surface area contributed by atoms with Gasteiger partial charge in [-0.2, -0.15) is 5.10 Å². The number of hydrogen-bond donors (Lipinski definition) is 2. The van der Waals surface area contributed by atoms with Crippen molar-refractivity contribution in [2.75, 3.05) is 13.2 Å². The van der Waals surface area contributed by atoms with E-state index in [1.54, 1.807) is 0 Å². The molecule has 0 amide bonds. The molecule has 1 atom stereocenters. The Hall–Kier alpha value is -1.28. The smallest absolute Gasteiger partial charge is 0.149 e. The Kier molecular flexibility index (Phi) is 5.33. The van der Waals surface area contributed by atoms with Crippen LogP contribution in [0.1, 0.15) is 11.7 Å². The molecule has 1 heterocycles. The molecule has 0 radical (unpaired) electrons. The number of hydrogen-bond acceptors (Lipinski definition) is 4. The van der Waals surface area contributed by atoms with Gasteiger partial charge in [0.05, 0.1) is 12.8 Å². The van der Waals surface area contributed by atoms with Gasteiger partial charge < -0.3 is 14.9 Å². The van der Waals surface area contributed by atoms with Crippen LogP contribution in [0.15, 0.2) is 18.3 Å². The fourth-order valence-electron chi connectivity index (χ4n) is 2.20. The van der Waals surface area contributed by atoms with Crippen LogP contribution in [0.25, 0.3) is 10.9 Å². The molecule has 0 fully saturated rings. The number of nitrogens with zero attached hydrogens (tertiary/aromatic N) is 2. The Bertz CT molecular complexity index is 639. The number of rotatable bonds is 7. The van der Waals surface area contributed by atoms with E-state index in [9.17, 15) is 9.50 Å². The van der Waals surface area contributed by atoms with Gasteiger partial charge in [0.1, 0.15) is 24.2 Å². The molecule has 0 aliphatic heterocycles. The highest BCUT2D eigenvalue weighted by molar-refractivity contribution is 6.76. The van der Waals surface area contributed by atoms with Crippen LogP contribution in [0.5, 0.6) is 0 Å². The van der Waals surface area contributed by atoms with Gasteiger partial charge in [-0.15, -0.1) is 0 Å². The average Bonchev–Trinajstić information content (AvgIpc) is 2.87. The molecule has 1 aromatic carbocycles. The molecule has 0 saturated heterocycles. The molecule has 0 aliphatic rings. The van der Waals surface area contributed by atoms with Crippen molar-refractivity contribution < 1.29 is 19.3 Å². The lowest BCUT2D eigenvalue weighted by atomic mass is 10.1. The number of benzene rings is 1. The van der Waals surface area contributed by atoms with Crippen LogP contribution >= 0.6 is 0 Å². The van der Waals surface area contributed by atoms with Crippen LogP contribution < -0.4 is 0 Å². The molecule has 0 bridgehead atoms. The maximum Gasteiger partial charge on any atom is 0.149 e. The monoisotopic (exact) mass is 326 g/mol. The maximum atomic E-state index is 14.1. The summed E-state index contributed by atoms with van der Waals surface area (Å²) >= 11 is 0. The van der Waals surface area contributed by atoms with Crippen LogP contribution in [0.4, 0.5) is 4.39 Å². The molecule has 0 saturated carbocycles. The Morgan fingerprint density at radius 1 is 1.36 bits per heavy atom. The van der Waals surface area contributed by atoms with Crippen molar-refractivity contribution in [1.82, 2.24) is 9.78 Å². The first-order chi connectivity index (χ1) is 10.3. The minimum Gasteiger partial charge on any atom is -0.393 e. The molecule has 0 spiro atoms. The van der Waals surface area contributed by atoms with Gasteiger partial charge >= 0.3 is 0 Å². The summed E-state index contributed by atoms with van der Waals surface area (Å²) in [7, 11) is -1.16. The van der Waals surface area contributed by atoms with Gasteiger partial charge in [-0.3, -0.25) is 0 Å². The third-order valence-corrected chi connectivity index (χ3v) is 5.23. The first-order valence-electron chi connectivity index (χ1n) is 7.34. The van der Waals surface area contributed by atoms with E-state index in [0.717, 1.165) is 6.04 Å². The fourth-order valence-corrected chi connectivity index (χ4v) is 2.95. The van der Waals surface area contributed by atoms with E-state index >= 15 is 0 Å². The summed E-state index contributed by atoms with van der Waals surface area (Å²) in [5.74, 6) is -0.421. The van der Waals surface area contributed by atoms with E-state index in [2.05, 4.69) is 24.7 Å². The van der Waals surface area contributed by atoms with Crippen LogP contribution in [-0.2, 0) is 11.5 Å². The number of ether oxygens (including phenoxy) is 1. The van der Waals surface area contributed by atoms with Gasteiger partial charge in [0.25, 0.3) is 0 Å². The van der Waals surface area contributed by atoms with Crippen LogP contribution in [0.2, 0.25) is 25.7 Å². The molecule has 7 heteroatoms. The number of fused-ring (bicyclic) bond motifs is 1. The number of aromatic nitrogens is 2. The standard InChI is InChI=1S/C15H23FN2O3Si/c1-22(2,3)7-6-21-10-18-15-12(8-17-18)11(14(20)9-19)4-5-13(15)16/h4-5,8,14,19-20H,6-7,9-10H2,1-3H3. The molecule has 2 N–H and O–H groups in total. The Morgan fingerprint density at radius 2 is 2.09 bits per heavy atom. The lowest BCUT2D eigenvalue weighted by Gasteiger charge is -2.15. The first kappa shape index (κ1) is 17.1. The van der Waals surface area contributed by atoms with Gasteiger partial charge in [0.2, 0.25) is 0 Å². The van der Waals surface area contributed by atoms with Gasteiger partial charge in [-0.1, -0.05) is 25.7 Å². The Labute approximate surface area is 130 Å². The first-order valence-corrected chi connectivity index (χ1v) is 11.0. The summed E-state index contributed by atoms with van der Waals surface area (Å²) in [4.78, 5) is 0. The second-order valence-electron chi connectivity index (χ2n) is 6.59. The van der Waals surface area contributed by atoms with Crippen molar-refractivity contribution >= 4 is 19.0 Å². The second kappa shape index (κ2) is 6.87. The van der Waals surface area contributed by atoms with Gasteiger partial charge in [0.15, 0.2) is 0 Å². The summed E-state index contributed by atoms with van der Waals surface area (Å²) in [5.41, 5.74) is 0.755. The molecular formula is C15H23FN2O3Si. The third-order valence-electron chi connectivity index (χ3n) is 3.53. The second-order valence-corrected chi connectivity index (χ2v) is 12.2. The Morgan fingerprint density at radius 3 is 2.73 bits per heavy atom. The van der Waals surface area contributed by atoms with Crippen molar-refractivity contribution in [3.05, 3.63) is 29.7 Å². The summed E-state index contributed by atoms with van der Waals surface area (Å²) < 4.78 is 21.1. The summed E-state index contributed by atoms with van der Waals surface area (Å²) in [6, 6.07) is 3.77. The molecule has 2 rings (SSSR count). The third kappa shape index (κ3) is 3.92. The molecular weight excluding hydrogens is 303 g/mol. The topological polar surface area (TPSA) is 67.5 Å². The number of halogens is 1. The minimum absolute atomic E-state index is 0.170. The zero-order valence-corrected chi connectivity index (χ0v) is 14.2. The molecule has 122 valence electrons. The van der Waals surface area contributed by atoms with Gasteiger partial charge in [-0.05, 0) is 17.7 Å². The number of aliphatic hydroxyl groups is 2. The molecule has 0 aliphatic carbocycles. The van der Waals surface area contributed by atoms with Crippen LogP contribution in [0.3, 0.4) is 0 Å². The lowest BCUT2D eigenvalue weighted by Crippen LogP contribution is -2.22. The molecule has 1 aromatic heterocycles. The zero-order chi connectivity index (χ0) is 16.3.